The van der Waals surface area contributed by atoms with Crippen molar-refractivity contribution in [2.75, 3.05) is 18.4 Å². The van der Waals surface area contributed by atoms with Gasteiger partial charge < -0.3 is 21.1 Å². The summed E-state index contributed by atoms with van der Waals surface area (Å²) in [6, 6.07) is 6.76. The molecule has 0 radical (unpaired) electrons. The zero-order valence-corrected chi connectivity index (χ0v) is 9.68. The van der Waals surface area contributed by atoms with Gasteiger partial charge in [-0.1, -0.05) is 12.1 Å². The third-order valence-corrected chi connectivity index (χ3v) is 2.45. The topological polar surface area (TPSA) is 104 Å². The van der Waals surface area contributed by atoms with E-state index in [0.29, 0.717) is 30.0 Å². The number of nitrogens with zero attached hydrogens (tertiary/aromatic N) is 1. The van der Waals surface area contributed by atoms with Crippen molar-refractivity contribution in [2.45, 2.75) is 0 Å². The van der Waals surface area contributed by atoms with E-state index >= 15 is 0 Å². The van der Waals surface area contributed by atoms with Crippen LogP contribution in [0.3, 0.4) is 0 Å². The Kier molecular flexibility index (Phi) is 3.59. The van der Waals surface area contributed by atoms with Gasteiger partial charge in [0.05, 0.1) is 17.6 Å². The average molecular weight is 246 g/mol. The highest BCUT2D eigenvalue weighted by Crippen LogP contribution is 2.30. The van der Waals surface area contributed by atoms with E-state index in [1.807, 2.05) is 0 Å². The number of nitrogens with two attached hydrogens (primary N) is 1. The summed E-state index contributed by atoms with van der Waals surface area (Å²) >= 11 is 0. The Morgan fingerprint density at radius 3 is 2.89 bits per heavy atom. The summed E-state index contributed by atoms with van der Waals surface area (Å²) in [6.07, 6.45) is 1.43. The van der Waals surface area contributed by atoms with Crippen molar-refractivity contribution in [1.29, 1.82) is 0 Å². The number of rotatable bonds is 4. The molecule has 2 aromatic rings. The molecule has 0 unspecified atom stereocenters. The first-order chi connectivity index (χ1) is 8.72. The van der Waals surface area contributed by atoms with Gasteiger partial charge in [0, 0.05) is 18.7 Å². The highest BCUT2D eigenvalue weighted by atomic mass is 16.3. The van der Waals surface area contributed by atoms with Crippen molar-refractivity contribution in [3.8, 4) is 17.0 Å². The first kappa shape index (κ1) is 12.1. The average Bonchev–Trinajstić information content (AvgIpc) is 2.38. The van der Waals surface area contributed by atoms with E-state index in [2.05, 4.69) is 15.3 Å². The number of H-pyrrole nitrogens is 1. The maximum Gasteiger partial charge on any atom is 0.345 e. The zero-order valence-electron chi connectivity index (χ0n) is 9.68. The summed E-state index contributed by atoms with van der Waals surface area (Å²) in [5, 5.41) is 12.9. The number of benzene rings is 1. The number of aromatic nitrogens is 2. The predicted molar refractivity (Wildman–Crippen MR) is 69.5 cm³/mol. The molecule has 6 heteroatoms. The minimum Gasteiger partial charge on any atom is -0.507 e. The van der Waals surface area contributed by atoms with Crippen molar-refractivity contribution >= 4 is 5.69 Å². The number of aromatic hydroxyl groups is 1. The van der Waals surface area contributed by atoms with Crippen LogP contribution in [0.25, 0.3) is 11.3 Å². The van der Waals surface area contributed by atoms with Crippen LogP contribution < -0.4 is 16.7 Å². The quantitative estimate of drug-likeness (QED) is 0.629. The van der Waals surface area contributed by atoms with Crippen LogP contribution in [-0.2, 0) is 0 Å². The molecule has 0 aliphatic heterocycles. The normalized spacial score (nSPS) is 10.3. The molecule has 1 aromatic heterocycles. The number of hydrogen-bond acceptors (Lipinski definition) is 5. The van der Waals surface area contributed by atoms with Crippen molar-refractivity contribution in [1.82, 2.24) is 9.97 Å². The first-order valence-electron chi connectivity index (χ1n) is 5.54. The van der Waals surface area contributed by atoms with E-state index in [9.17, 15) is 9.90 Å². The maximum absolute atomic E-state index is 11.3. The monoisotopic (exact) mass is 246 g/mol. The van der Waals surface area contributed by atoms with Crippen molar-refractivity contribution in [2.24, 2.45) is 5.73 Å². The van der Waals surface area contributed by atoms with Gasteiger partial charge in [-0.15, -0.1) is 0 Å². The lowest BCUT2D eigenvalue weighted by Gasteiger charge is -2.11. The lowest BCUT2D eigenvalue weighted by Crippen LogP contribution is -2.17. The number of para-hydroxylation sites is 1. The van der Waals surface area contributed by atoms with Crippen LogP contribution in [0.5, 0.6) is 5.75 Å². The van der Waals surface area contributed by atoms with Crippen LogP contribution in [0.1, 0.15) is 0 Å². The Morgan fingerprint density at radius 1 is 1.39 bits per heavy atom. The summed E-state index contributed by atoms with van der Waals surface area (Å²) in [7, 11) is 0. The maximum atomic E-state index is 11.3. The molecule has 0 spiro atoms. The molecule has 0 bridgehead atoms. The molecule has 0 aliphatic rings. The van der Waals surface area contributed by atoms with E-state index in [4.69, 9.17) is 5.73 Å². The molecule has 1 aromatic carbocycles. The smallest absolute Gasteiger partial charge is 0.345 e. The van der Waals surface area contributed by atoms with Crippen molar-refractivity contribution < 1.29 is 5.11 Å². The molecule has 94 valence electrons. The fourth-order valence-electron chi connectivity index (χ4n) is 1.63. The Balaban J connectivity index is 2.51. The molecular formula is C12H14N4O2. The lowest BCUT2D eigenvalue weighted by atomic mass is 10.1. The summed E-state index contributed by atoms with van der Waals surface area (Å²) in [5.41, 5.74) is 6.62. The van der Waals surface area contributed by atoms with Crippen LogP contribution in [0.15, 0.2) is 35.3 Å². The second-order valence-corrected chi connectivity index (χ2v) is 3.71. The fourth-order valence-corrected chi connectivity index (χ4v) is 1.63. The SMILES string of the molecule is NCCNc1cnc(=O)[nH]c1-c1ccccc1O. The summed E-state index contributed by atoms with van der Waals surface area (Å²) in [6.45, 7) is 1.01. The van der Waals surface area contributed by atoms with Crippen molar-refractivity contribution in [3.05, 3.63) is 40.9 Å². The van der Waals surface area contributed by atoms with Gasteiger partial charge in [-0.2, -0.15) is 4.98 Å². The molecule has 0 amide bonds. The van der Waals surface area contributed by atoms with Gasteiger partial charge in [0.15, 0.2) is 0 Å². The number of phenols is 1. The van der Waals surface area contributed by atoms with Crippen LogP contribution in [-0.4, -0.2) is 28.2 Å². The Morgan fingerprint density at radius 2 is 2.17 bits per heavy atom. The fraction of sp³-hybridized carbons (Fsp3) is 0.167. The van der Waals surface area contributed by atoms with E-state index in [0.717, 1.165) is 0 Å². The molecule has 6 nitrogen and oxygen atoms in total. The molecule has 2 rings (SSSR count). The summed E-state index contributed by atoms with van der Waals surface area (Å²) in [5.74, 6) is 0.0927. The molecule has 0 aliphatic carbocycles. The minimum absolute atomic E-state index is 0.0927. The lowest BCUT2D eigenvalue weighted by molar-refractivity contribution is 0.477. The van der Waals surface area contributed by atoms with Crippen LogP contribution >= 0.6 is 0 Å². The molecule has 5 N–H and O–H groups in total. The zero-order chi connectivity index (χ0) is 13.0. The first-order valence-corrected chi connectivity index (χ1v) is 5.54. The molecule has 0 saturated heterocycles. The highest BCUT2D eigenvalue weighted by molar-refractivity contribution is 5.77. The van der Waals surface area contributed by atoms with Gasteiger partial charge in [0.1, 0.15) is 5.75 Å². The van der Waals surface area contributed by atoms with E-state index in [1.165, 1.54) is 6.20 Å². The van der Waals surface area contributed by atoms with Crippen LogP contribution in [0.2, 0.25) is 0 Å². The number of anilines is 1. The number of aromatic amines is 1. The van der Waals surface area contributed by atoms with Gasteiger partial charge in [-0.3, -0.25) is 0 Å². The van der Waals surface area contributed by atoms with Gasteiger partial charge in [-0.05, 0) is 12.1 Å². The largest absolute Gasteiger partial charge is 0.507 e. The predicted octanol–water partition coefficient (Wildman–Crippen LogP) is 0.513. The Bertz CT molecular complexity index is 595. The summed E-state index contributed by atoms with van der Waals surface area (Å²) in [4.78, 5) is 17.6. The third-order valence-electron chi connectivity index (χ3n) is 2.45. The highest BCUT2D eigenvalue weighted by Gasteiger charge is 2.10. The van der Waals surface area contributed by atoms with Crippen LogP contribution in [0.4, 0.5) is 5.69 Å². The number of hydrogen-bond donors (Lipinski definition) is 4. The van der Waals surface area contributed by atoms with Gasteiger partial charge in [0.2, 0.25) is 0 Å². The standard InChI is InChI=1S/C12H14N4O2/c13-5-6-14-9-7-15-12(18)16-11(9)8-3-1-2-4-10(8)17/h1-4,7,14,17H,5-6,13H2,(H,15,16,18). The van der Waals surface area contributed by atoms with E-state index in [1.54, 1.807) is 24.3 Å². The Labute approximate surface area is 104 Å². The minimum atomic E-state index is -0.466. The van der Waals surface area contributed by atoms with E-state index in [-0.39, 0.29) is 5.75 Å². The number of phenolic OH excluding ortho intramolecular Hbond substituents is 1. The molecule has 1 heterocycles. The van der Waals surface area contributed by atoms with Crippen LogP contribution in [0, 0.1) is 0 Å². The Hall–Kier alpha value is -2.34. The molecule has 0 saturated carbocycles. The molecular weight excluding hydrogens is 232 g/mol. The summed E-state index contributed by atoms with van der Waals surface area (Å²) < 4.78 is 0. The molecule has 0 fully saturated rings. The second-order valence-electron chi connectivity index (χ2n) is 3.71. The van der Waals surface area contributed by atoms with Gasteiger partial charge in [0.25, 0.3) is 0 Å². The number of nitrogens with one attached hydrogen (secondary N) is 2. The van der Waals surface area contributed by atoms with E-state index < -0.39 is 5.69 Å². The second kappa shape index (κ2) is 5.33. The van der Waals surface area contributed by atoms with Crippen molar-refractivity contribution in [3.63, 3.8) is 0 Å². The van der Waals surface area contributed by atoms with Gasteiger partial charge in [-0.25, -0.2) is 4.79 Å². The third kappa shape index (κ3) is 2.49. The molecule has 0 atom stereocenters. The van der Waals surface area contributed by atoms with Gasteiger partial charge >= 0.3 is 5.69 Å². The molecule has 18 heavy (non-hydrogen) atoms.